The van der Waals surface area contributed by atoms with Gasteiger partial charge in [0, 0.05) is 17.9 Å². The van der Waals surface area contributed by atoms with E-state index in [1.807, 2.05) is 0 Å². The van der Waals surface area contributed by atoms with E-state index in [0.29, 0.717) is 29.5 Å². The third-order valence-corrected chi connectivity index (χ3v) is 4.33. The Balaban J connectivity index is 1.77. The van der Waals surface area contributed by atoms with Crippen LogP contribution >= 0.6 is 11.8 Å². The second-order valence-corrected chi connectivity index (χ2v) is 5.60. The molecule has 2 heterocycles. The Labute approximate surface area is 114 Å². The fraction of sp³-hybridized carbons (Fsp3) is 0.385. The molecule has 3 rings (SSSR count). The first-order valence-electron chi connectivity index (χ1n) is 6.06. The van der Waals surface area contributed by atoms with Crippen LogP contribution in [0.25, 0.3) is 0 Å². The number of rotatable bonds is 3. The molecule has 1 fully saturated rings. The number of aliphatic hydroxyl groups excluding tert-OH is 1. The second kappa shape index (κ2) is 5.30. The molecule has 1 N–H and O–H groups in total. The van der Waals surface area contributed by atoms with Gasteiger partial charge in [-0.15, -0.1) is 0 Å². The standard InChI is InChI=1S/C13H13FN2O2S/c14-10-4-2-1-3-8(10)5-12-15-13(18-16-12)9-6-19-7-11(9)17/h1-4,9,11,17H,5-7H2. The summed E-state index contributed by atoms with van der Waals surface area (Å²) in [7, 11) is 0. The largest absolute Gasteiger partial charge is 0.391 e. The first kappa shape index (κ1) is 12.6. The molecule has 1 saturated heterocycles. The third-order valence-electron chi connectivity index (χ3n) is 3.16. The molecular formula is C13H13FN2O2S. The molecule has 6 heteroatoms. The Hall–Kier alpha value is -1.40. The lowest BCUT2D eigenvalue weighted by Gasteiger charge is -2.06. The number of hydrogen-bond donors (Lipinski definition) is 1. The molecule has 1 aliphatic heterocycles. The smallest absolute Gasteiger partial charge is 0.233 e. The molecular weight excluding hydrogens is 267 g/mol. The van der Waals surface area contributed by atoms with Crippen molar-refractivity contribution < 1.29 is 14.0 Å². The molecule has 2 aromatic rings. The van der Waals surface area contributed by atoms with Crippen molar-refractivity contribution in [3.05, 3.63) is 47.4 Å². The maximum atomic E-state index is 13.5. The van der Waals surface area contributed by atoms with E-state index in [1.54, 1.807) is 30.0 Å². The number of benzene rings is 1. The molecule has 0 saturated carbocycles. The highest BCUT2D eigenvalue weighted by atomic mass is 32.2. The minimum absolute atomic E-state index is 0.105. The van der Waals surface area contributed by atoms with Crippen molar-refractivity contribution >= 4 is 11.8 Å². The van der Waals surface area contributed by atoms with Gasteiger partial charge in [0.25, 0.3) is 0 Å². The van der Waals surface area contributed by atoms with Crippen LogP contribution in [0, 0.1) is 5.82 Å². The zero-order chi connectivity index (χ0) is 13.2. The van der Waals surface area contributed by atoms with E-state index in [0.717, 1.165) is 5.75 Å². The molecule has 0 amide bonds. The molecule has 0 radical (unpaired) electrons. The number of halogens is 1. The van der Waals surface area contributed by atoms with Crippen molar-refractivity contribution in [2.45, 2.75) is 18.4 Å². The van der Waals surface area contributed by atoms with Gasteiger partial charge in [-0.05, 0) is 11.6 Å². The highest BCUT2D eigenvalue weighted by molar-refractivity contribution is 7.99. The lowest BCUT2D eigenvalue weighted by molar-refractivity contribution is 0.164. The van der Waals surface area contributed by atoms with Crippen LogP contribution in [0.15, 0.2) is 28.8 Å². The number of hydrogen-bond acceptors (Lipinski definition) is 5. The summed E-state index contributed by atoms with van der Waals surface area (Å²) in [5.74, 6) is 1.99. The van der Waals surface area contributed by atoms with E-state index in [9.17, 15) is 9.50 Å². The van der Waals surface area contributed by atoms with Crippen molar-refractivity contribution in [2.24, 2.45) is 0 Å². The Morgan fingerprint density at radius 2 is 2.21 bits per heavy atom. The van der Waals surface area contributed by atoms with Crippen LogP contribution in [-0.4, -0.2) is 32.9 Å². The molecule has 4 nitrogen and oxygen atoms in total. The van der Waals surface area contributed by atoms with E-state index in [4.69, 9.17) is 4.52 Å². The topological polar surface area (TPSA) is 59.2 Å². The quantitative estimate of drug-likeness (QED) is 0.931. The van der Waals surface area contributed by atoms with E-state index in [-0.39, 0.29) is 11.7 Å². The first-order valence-corrected chi connectivity index (χ1v) is 7.21. The van der Waals surface area contributed by atoms with Gasteiger partial charge in [-0.3, -0.25) is 0 Å². The molecule has 0 bridgehead atoms. The highest BCUT2D eigenvalue weighted by Crippen LogP contribution is 2.31. The Bertz CT molecular complexity index is 575. The number of nitrogens with zero attached hydrogens (tertiary/aromatic N) is 2. The van der Waals surface area contributed by atoms with Gasteiger partial charge in [-0.2, -0.15) is 16.7 Å². The number of thioether (sulfide) groups is 1. The summed E-state index contributed by atoms with van der Waals surface area (Å²) in [4.78, 5) is 4.26. The summed E-state index contributed by atoms with van der Waals surface area (Å²) in [6, 6.07) is 6.53. The van der Waals surface area contributed by atoms with Crippen LogP contribution in [0.5, 0.6) is 0 Å². The molecule has 0 spiro atoms. The molecule has 19 heavy (non-hydrogen) atoms. The monoisotopic (exact) mass is 280 g/mol. The van der Waals surface area contributed by atoms with Crippen molar-refractivity contribution in [2.75, 3.05) is 11.5 Å². The maximum absolute atomic E-state index is 13.5. The van der Waals surface area contributed by atoms with Crippen molar-refractivity contribution in [1.82, 2.24) is 10.1 Å². The lowest BCUT2D eigenvalue weighted by atomic mass is 10.1. The summed E-state index contributed by atoms with van der Waals surface area (Å²) >= 11 is 1.66. The summed E-state index contributed by atoms with van der Waals surface area (Å²) in [5, 5.41) is 13.6. The SMILES string of the molecule is OC1CSCC1c1nc(Cc2ccccc2F)no1. The maximum Gasteiger partial charge on any atom is 0.233 e. The average Bonchev–Trinajstić information content (AvgIpc) is 3.01. The highest BCUT2D eigenvalue weighted by Gasteiger charge is 2.32. The minimum Gasteiger partial charge on any atom is -0.391 e. The van der Waals surface area contributed by atoms with Crippen molar-refractivity contribution in [3.8, 4) is 0 Å². The molecule has 1 aromatic heterocycles. The van der Waals surface area contributed by atoms with E-state index >= 15 is 0 Å². The summed E-state index contributed by atoms with van der Waals surface area (Å²) in [6.07, 6.45) is -0.140. The van der Waals surface area contributed by atoms with Crippen molar-refractivity contribution in [3.63, 3.8) is 0 Å². The Kier molecular flexibility index (Phi) is 3.52. The average molecular weight is 280 g/mol. The predicted molar refractivity (Wildman–Crippen MR) is 69.6 cm³/mol. The zero-order valence-electron chi connectivity index (χ0n) is 10.1. The fourth-order valence-corrected chi connectivity index (χ4v) is 3.31. The molecule has 1 aromatic carbocycles. The van der Waals surface area contributed by atoms with Gasteiger partial charge in [0.2, 0.25) is 5.89 Å². The van der Waals surface area contributed by atoms with Crippen LogP contribution in [0.3, 0.4) is 0 Å². The van der Waals surface area contributed by atoms with E-state index < -0.39 is 6.10 Å². The van der Waals surface area contributed by atoms with Gasteiger partial charge < -0.3 is 9.63 Å². The predicted octanol–water partition coefficient (Wildman–Crippen LogP) is 1.99. The lowest BCUT2D eigenvalue weighted by Crippen LogP contribution is -2.15. The van der Waals surface area contributed by atoms with Gasteiger partial charge in [-0.1, -0.05) is 23.4 Å². The summed E-state index contributed by atoms with van der Waals surface area (Å²) in [6.45, 7) is 0. The molecule has 1 aliphatic rings. The number of aliphatic hydroxyl groups is 1. The third kappa shape index (κ3) is 2.64. The Morgan fingerprint density at radius 3 is 2.95 bits per heavy atom. The molecule has 2 atom stereocenters. The summed E-state index contributed by atoms with van der Waals surface area (Å²) in [5.41, 5.74) is 0.538. The van der Waals surface area contributed by atoms with Crippen LogP contribution in [0.4, 0.5) is 4.39 Å². The van der Waals surface area contributed by atoms with Gasteiger partial charge in [-0.25, -0.2) is 4.39 Å². The van der Waals surface area contributed by atoms with Gasteiger partial charge in [0.1, 0.15) is 5.82 Å². The van der Waals surface area contributed by atoms with Crippen LogP contribution in [0.1, 0.15) is 23.2 Å². The second-order valence-electron chi connectivity index (χ2n) is 4.53. The minimum atomic E-state index is -0.438. The van der Waals surface area contributed by atoms with Crippen LogP contribution in [-0.2, 0) is 6.42 Å². The van der Waals surface area contributed by atoms with Gasteiger partial charge in [0.15, 0.2) is 5.82 Å². The van der Waals surface area contributed by atoms with Gasteiger partial charge >= 0.3 is 0 Å². The first-order chi connectivity index (χ1) is 9.24. The van der Waals surface area contributed by atoms with Crippen molar-refractivity contribution in [1.29, 1.82) is 0 Å². The Morgan fingerprint density at radius 1 is 1.37 bits per heavy atom. The molecule has 0 aliphatic carbocycles. The van der Waals surface area contributed by atoms with E-state index in [1.165, 1.54) is 6.07 Å². The zero-order valence-corrected chi connectivity index (χ0v) is 10.9. The molecule has 2 unspecified atom stereocenters. The summed E-state index contributed by atoms with van der Waals surface area (Å²) < 4.78 is 18.7. The van der Waals surface area contributed by atoms with Gasteiger partial charge in [0.05, 0.1) is 12.0 Å². The fourth-order valence-electron chi connectivity index (χ4n) is 2.08. The van der Waals surface area contributed by atoms with E-state index in [2.05, 4.69) is 10.1 Å². The van der Waals surface area contributed by atoms with Crippen LogP contribution < -0.4 is 0 Å². The van der Waals surface area contributed by atoms with Crippen LogP contribution in [0.2, 0.25) is 0 Å². The normalized spacial score (nSPS) is 22.8. The molecule has 100 valence electrons. The number of aromatic nitrogens is 2.